The molecule has 152 valence electrons. The number of anilines is 2. The number of rotatable bonds is 5. The lowest BCUT2D eigenvalue weighted by Gasteiger charge is -2.17. The van der Waals surface area contributed by atoms with Gasteiger partial charge in [0.05, 0.1) is 23.3 Å². The summed E-state index contributed by atoms with van der Waals surface area (Å²) in [5.41, 5.74) is 3.60. The van der Waals surface area contributed by atoms with Crippen molar-refractivity contribution in [1.29, 1.82) is 0 Å². The summed E-state index contributed by atoms with van der Waals surface area (Å²) in [6.45, 7) is 0. The maximum atomic E-state index is 12.9. The third kappa shape index (κ3) is 3.16. The summed E-state index contributed by atoms with van der Waals surface area (Å²) in [5.74, 6) is 0.0163. The van der Waals surface area contributed by atoms with Crippen LogP contribution < -0.4 is 10.2 Å². The maximum absolute atomic E-state index is 12.9. The molecule has 1 saturated heterocycles. The molecule has 0 spiro atoms. The highest BCUT2D eigenvalue weighted by atomic mass is 32.1. The Morgan fingerprint density at radius 1 is 0.900 bits per heavy atom. The van der Waals surface area contributed by atoms with Gasteiger partial charge >= 0.3 is 0 Å². The van der Waals surface area contributed by atoms with Crippen molar-refractivity contribution in [2.24, 2.45) is 23.7 Å². The molecule has 1 aliphatic heterocycles. The molecule has 2 aromatic rings. The predicted molar refractivity (Wildman–Crippen MR) is 118 cm³/mol. The highest BCUT2D eigenvalue weighted by Crippen LogP contribution is 2.53. The zero-order valence-corrected chi connectivity index (χ0v) is 17.2. The number of amides is 3. The van der Waals surface area contributed by atoms with E-state index >= 15 is 0 Å². The number of nitrogens with zero attached hydrogens (tertiary/aromatic N) is 1. The van der Waals surface area contributed by atoms with E-state index in [0.29, 0.717) is 5.69 Å². The monoisotopic (exact) mass is 418 g/mol. The minimum absolute atomic E-state index is 0.0477. The quantitative estimate of drug-likeness (QED) is 0.444. The molecule has 1 saturated carbocycles. The maximum Gasteiger partial charge on any atom is 0.238 e. The number of carbonyl (C=O) groups excluding carboxylic acids is 3. The highest BCUT2D eigenvalue weighted by molar-refractivity contribution is 7.81. The van der Waals surface area contributed by atoms with Crippen LogP contribution in [0.4, 0.5) is 11.4 Å². The molecule has 3 aliphatic rings. The van der Waals surface area contributed by atoms with E-state index in [1.165, 1.54) is 4.90 Å². The third-order valence-electron chi connectivity index (χ3n) is 6.45. The van der Waals surface area contributed by atoms with Crippen molar-refractivity contribution in [3.63, 3.8) is 0 Å². The van der Waals surface area contributed by atoms with E-state index in [9.17, 15) is 14.4 Å². The molecule has 0 radical (unpaired) electrons. The molecule has 1 heterocycles. The second kappa shape index (κ2) is 7.43. The standard InChI is InChI=1S/C24H22N2O3S/c27-20(13-30)25-18-7-1-14(2-8-18)11-15-3-9-19(10-4-15)26-23(28)21-16-5-6-17(12-16)22(21)24(26)29/h1-10,16-17,21-22,30H,11-13H2,(H,25,27). The lowest BCUT2D eigenvalue weighted by molar-refractivity contribution is -0.123. The Bertz CT molecular complexity index is 1020. The second-order valence-electron chi connectivity index (χ2n) is 8.26. The van der Waals surface area contributed by atoms with Crippen molar-refractivity contribution >= 4 is 41.7 Å². The van der Waals surface area contributed by atoms with Gasteiger partial charge in [-0.2, -0.15) is 12.6 Å². The van der Waals surface area contributed by atoms with Crippen molar-refractivity contribution in [2.75, 3.05) is 16.0 Å². The molecule has 5 nitrogen and oxygen atoms in total. The molecule has 2 aromatic carbocycles. The van der Waals surface area contributed by atoms with E-state index in [1.807, 2.05) is 48.5 Å². The van der Waals surface area contributed by atoms with Crippen LogP contribution in [0.3, 0.4) is 0 Å². The van der Waals surface area contributed by atoms with Crippen LogP contribution in [-0.2, 0) is 20.8 Å². The summed E-state index contributed by atoms with van der Waals surface area (Å²) in [6, 6.07) is 15.3. The fourth-order valence-electron chi connectivity index (χ4n) is 5.06. The molecule has 3 amide bonds. The Morgan fingerprint density at radius 3 is 1.97 bits per heavy atom. The van der Waals surface area contributed by atoms with E-state index < -0.39 is 0 Å². The zero-order valence-electron chi connectivity index (χ0n) is 16.3. The number of thiol groups is 1. The average Bonchev–Trinajstić information content (AvgIpc) is 3.44. The number of allylic oxidation sites excluding steroid dienone is 2. The fourth-order valence-corrected chi connectivity index (χ4v) is 5.14. The molecule has 0 aromatic heterocycles. The SMILES string of the molecule is O=C(CS)Nc1ccc(Cc2ccc(N3C(=O)C4C5C=CC(C5)C4C3=O)cc2)cc1. The number of fused-ring (bicyclic) bond motifs is 5. The van der Waals surface area contributed by atoms with Gasteiger partial charge in [0.1, 0.15) is 0 Å². The summed E-state index contributed by atoms with van der Waals surface area (Å²) >= 11 is 3.95. The van der Waals surface area contributed by atoms with Gasteiger partial charge in [-0.25, -0.2) is 0 Å². The van der Waals surface area contributed by atoms with Gasteiger partial charge in [0.25, 0.3) is 0 Å². The molecule has 2 aliphatic carbocycles. The minimum atomic E-state index is -0.172. The average molecular weight is 419 g/mol. The first-order valence-corrected chi connectivity index (χ1v) is 10.8. The smallest absolute Gasteiger partial charge is 0.238 e. The van der Waals surface area contributed by atoms with Crippen molar-refractivity contribution in [1.82, 2.24) is 0 Å². The van der Waals surface area contributed by atoms with Crippen molar-refractivity contribution in [3.05, 3.63) is 71.8 Å². The van der Waals surface area contributed by atoms with Crippen LogP contribution >= 0.6 is 12.6 Å². The van der Waals surface area contributed by atoms with E-state index in [1.54, 1.807) is 0 Å². The first-order valence-electron chi connectivity index (χ1n) is 10.2. The predicted octanol–water partition coefficient (Wildman–Crippen LogP) is 3.46. The first-order chi connectivity index (χ1) is 14.5. The number of carbonyl (C=O) groups is 3. The van der Waals surface area contributed by atoms with Crippen LogP contribution in [0.25, 0.3) is 0 Å². The topological polar surface area (TPSA) is 66.5 Å². The molecule has 1 N–H and O–H groups in total. The van der Waals surface area contributed by atoms with Crippen molar-refractivity contribution < 1.29 is 14.4 Å². The molecule has 2 fully saturated rings. The van der Waals surface area contributed by atoms with Gasteiger partial charge in [-0.05, 0) is 60.1 Å². The Morgan fingerprint density at radius 2 is 1.43 bits per heavy atom. The lowest BCUT2D eigenvalue weighted by Crippen LogP contribution is -2.32. The number of hydrogen-bond acceptors (Lipinski definition) is 4. The molecule has 4 unspecified atom stereocenters. The van der Waals surface area contributed by atoms with Crippen molar-refractivity contribution in [3.8, 4) is 0 Å². The van der Waals surface area contributed by atoms with Crippen LogP contribution in [0.5, 0.6) is 0 Å². The van der Waals surface area contributed by atoms with Gasteiger partial charge in [-0.3, -0.25) is 19.3 Å². The molecule has 4 atom stereocenters. The minimum Gasteiger partial charge on any atom is -0.325 e. The first kappa shape index (κ1) is 19.1. The summed E-state index contributed by atoms with van der Waals surface area (Å²) in [5, 5.41) is 2.77. The lowest BCUT2D eigenvalue weighted by atomic mass is 9.85. The third-order valence-corrected chi connectivity index (χ3v) is 6.74. The number of benzene rings is 2. The van der Waals surface area contributed by atoms with Gasteiger partial charge in [0, 0.05) is 5.69 Å². The Kier molecular flexibility index (Phi) is 4.74. The van der Waals surface area contributed by atoms with Crippen molar-refractivity contribution in [2.45, 2.75) is 12.8 Å². The van der Waals surface area contributed by atoms with Gasteiger partial charge < -0.3 is 5.32 Å². The Balaban J connectivity index is 1.28. The molecular formula is C24H22N2O3S. The van der Waals surface area contributed by atoms with Gasteiger partial charge in [-0.1, -0.05) is 36.4 Å². The van der Waals surface area contributed by atoms with Crippen LogP contribution in [0.1, 0.15) is 17.5 Å². The summed E-state index contributed by atoms with van der Waals surface area (Å²) in [4.78, 5) is 38.7. The molecular weight excluding hydrogens is 396 g/mol. The summed E-state index contributed by atoms with van der Waals surface area (Å²) in [7, 11) is 0. The van der Waals surface area contributed by atoms with Crippen LogP contribution in [0, 0.1) is 23.7 Å². The van der Waals surface area contributed by atoms with Crippen LogP contribution in [0.2, 0.25) is 0 Å². The second-order valence-corrected chi connectivity index (χ2v) is 8.57. The van der Waals surface area contributed by atoms with Gasteiger partial charge in [0.2, 0.25) is 17.7 Å². The van der Waals surface area contributed by atoms with E-state index in [2.05, 4.69) is 30.1 Å². The molecule has 30 heavy (non-hydrogen) atoms. The molecule has 5 rings (SSSR count). The fraction of sp³-hybridized carbons (Fsp3) is 0.292. The van der Waals surface area contributed by atoms with Crippen LogP contribution in [0.15, 0.2) is 60.7 Å². The van der Waals surface area contributed by atoms with E-state index in [4.69, 9.17) is 0 Å². The highest BCUT2D eigenvalue weighted by Gasteiger charge is 2.59. The number of nitrogens with one attached hydrogen (secondary N) is 1. The summed E-state index contributed by atoms with van der Waals surface area (Å²) in [6.07, 6.45) is 5.89. The Labute approximate surface area is 180 Å². The Hall–Kier alpha value is -2.86. The van der Waals surface area contributed by atoms with Crippen LogP contribution in [-0.4, -0.2) is 23.5 Å². The number of hydrogen-bond donors (Lipinski definition) is 2. The zero-order chi connectivity index (χ0) is 20.8. The normalized spacial score (nSPS) is 26.4. The summed E-state index contributed by atoms with van der Waals surface area (Å²) < 4.78 is 0. The van der Waals surface area contributed by atoms with Gasteiger partial charge in [0.15, 0.2) is 0 Å². The number of imide groups is 1. The van der Waals surface area contributed by atoms with E-state index in [-0.39, 0.29) is 47.1 Å². The van der Waals surface area contributed by atoms with Gasteiger partial charge in [-0.15, -0.1) is 0 Å². The molecule has 6 heteroatoms. The van der Waals surface area contributed by atoms with E-state index in [0.717, 1.165) is 29.7 Å². The molecule has 2 bridgehead atoms. The largest absolute Gasteiger partial charge is 0.325 e.